The topological polar surface area (TPSA) is 41.1 Å². The van der Waals surface area contributed by atoms with Crippen molar-refractivity contribution in [3.05, 3.63) is 107 Å². The molecular formula is C22H18F2N2OS. The highest BCUT2D eigenvalue weighted by atomic mass is 32.1. The summed E-state index contributed by atoms with van der Waals surface area (Å²) in [6.45, 7) is 0.352. The van der Waals surface area contributed by atoms with E-state index in [-0.39, 0.29) is 28.6 Å². The minimum atomic E-state index is -0.333. The smallest absolute Gasteiger partial charge is 0.257 e. The van der Waals surface area contributed by atoms with Gasteiger partial charge in [-0.2, -0.15) is 0 Å². The molecule has 0 bridgehead atoms. The predicted octanol–water partition coefficient (Wildman–Crippen LogP) is 4.40. The maximum absolute atomic E-state index is 13.3. The second-order valence-corrected chi connectivity index (χ2v) is 6.59. The van der Waals surface area contributed by atoms with E-state index in [1.807, 2.05) is 6.07 Å². The van der Waals surface area contributed by atoms with Gasteiger partial charge in [0.1, 0.15) is 11.6 Å². The zero-order valence-electron chi connectivity index (χ0n) is 14.9. The van der Waals surface area contributed by atoms with Crippen molar-refractivity contribution in [1.29, 1.82) is 0 Å². The number of benzene rings is 3. The third-order valence-electron chi connectivity index (χ3n) is 4.27. The second-order valence-electron chi connectivity index (χ2n) is 6.19. The Bertz CT molecular complexity index is 899. The van der Waals surface area contributed by atoms with Gasteiger partial charge in [-0.25, -0.2) is 8.78 Å². The van der Waals surface area contributed by atoms with Crippen molar-refractivity contribution in [3.63, 3.8) is 0 Å². The first-order chi connectivity index (χ1) is 13.5. The number of hydrogen-bond acceptors (Lipinski definition) is 2. The minimum Gasteiger partial charge on any atom is -0.361 e. The molecule has 0 aromatic heterocycles. The Hall–Kier alpha value is -3.12. The predicted molar refractivity (Wildman–Crippen MR) is 109 cm³/mol. The Kier molecular flexibility index (Phi) is 6.45. The van der Waals surface area contributed by atoms with Crippen LogP contribution in [-0.4, -0.2) is 17.6 Å². The molecule has 3 rings (SSSR count). The van der Waals surface area contributed by atoms with Gasteiger partial charge in [-0.1, -0.05) is 42.5 Å². The molecule has 28 heavy (non-hydrogen) atoms. The van der Waals surface area contributed by atoms with E-state index in [0.717, 1.165) is 11.1 Å². The summed E-state index contributed by atoms with van der Waals surface area (Å²) in [6.07, 6.45) is 0. The van der Waals surface area contributed by atoms with E-state index in [2.05, 4.69) is 10.6 Å². The molecule has 0 unspecified atom stereocenters. The molecule has 6 heteroatoms. The standard InChI is InChI=1S/C22H18F2N2OS/c23-18-10-6-15(7-11-18)20(16-8-12-19(24)13-9-16)14-25-22(28)26-21(27)17-4-2-1-3-5-17/h1-13,20H,14H2,(H2,25,26,27,28). The Balaban J connectivity index is 1.70. The molecule has 0 aliphatic carbocycles. The Morgan fingerprint density at radius 3 is 1.82 bits per heavy atom. The summed E-state index contributed by atoms with van der Waals surface area (Å²) < 4.78 is 26.6. The van der Waals surface area contributed by atoms with E-state index in [0.29, 0.717) is 12.1 Å². The summed E-state index contributed by atoms with van der Waals surface area (Å²) >= 11 is 5.23. The van der Waals surface area contributed by atoms with Gasteiger partial charge >= 0.3 is 0 Å². The maximum Gasteiger partial charge on any atom is 0.257 e. The molecule has 0 saturated carbocycles. The second kappa shape index (κ2) is 9.19. The fourth-order valence-corrected chi connectivity index (χ4v) is 3.00. The molecule has 0 heterocycles. The van der Waals surface area contributed by atoms with Crippen molar-refractivity contribution < 1.29 is 13.6 Å². The quantitative estimate of drug-likeness (QED) is 0.628. The van der Waals surface area contributed by atoms with Crippen molar-refractivity contribution in [2.75, 3.05) is 6.54 Å². The van der Waals surface area contributed by atoms with Crippen LogP contribution in [0.25, 0.3) is 0 Å². The molecule has 0 radical (unpaired) electrons. The SMILES string of the molecule is O=C(NC(=S)NCC(c1ccc(F)cc1)c1ccc(F)cc1)c1ccccc1. The first-order valence-electron chi connectivity index (χ1n) is 8.68. The zero-order chi connectivity index (χ0) is 19.9. The lowest BCUT2D eigenvalue weighted by atomic mass is 9.91. The van der Waals surface area contributed by atoms with Gasteiger partial charge in [0.05, 0.1) is 0 Å². The number of thiocarbonyl (C=S) groups is 1. The number of rotatable bonds is 5. The fraction of sp³-hybridized carbons (Fsp3) is 0.0909. The molecule has 0 aliphatic heterocycles. The van der Waals surface area contributed by atoms with Gasteiger partial charge in [-0.15, -0.1) is 0 Å². The summed E-state index contributed by atoms with van der Waals surface area (Å²) in [6, 6.07) is 21.0. The van der Waals surface area contributed by atoms with E-state index in [1.54, 1.807) is 48.5 Å². The van der Waals surface area contributed by atoms with Crippen LogP contribution in [0.4, 0.5) is 8.78 Å². The Labute approximate surface area is 167 Å². The Morgan fingerprint density at radius 2 is 1.32 bits per heavy atom. The molecule has 2 N–H and O–H groups in total. The van der Waals surface area contributed by atoms with Crippen LogP contribution in [-0.2, 0) is 0 Å². The molecule has 3 aromatic rings. The summed E-state index contributed by atoms with van der Waals surface area (Å²) in [4.78, 5) is 12.2. The summed E-state index contributed by atoms with van der Waals surface area (Å²) in [7, 11) is 0. The van der Waals surface area contributed by atoms with E-state index in [9.17, 15) is 13.6 Å². The largest absolute Gasteiger partial charge is 0.361 e. The molecular weight excluding hydrogens is 378 g/mol. The van der Waals surface area contributed by atoms with Gasteiger partial charge in [0.25, 0.3) is 5.91 Å². The molecule has 3 aromatic carbocycles. The molecule has 1 amide bonds. The van der Waals surface area contributed by atoms with Crippen LogP contribution in [0.15, 0.2) is 78.9 Å². The van der Waals surface area contributed by atoms with Gasteiger partial charge < -0.3 is 5.32 Å². The normalized spacial score (nSPS) is 10.5. The number of carbonyl (C=O) groups is 1. The van der Waals surface area contributed by atoms with Crippen LogP contribution in [0.2, 0.25) is 0 Å². The number of nitrogens with one attached hydrogen (secondary N) is 2. The van der Waals surface area contributed by atoms with Gasteiger partial charge in [-0.05, 0) is 59.7 Å². The molecule has 0 spiro atoms. The van der Waals surface area contributed by atoms with Crippen molar-refractivity contribution in [3.8, 4) is 0 Å². The molecule has 0 aliphatic rings. The minimum absolute atomic E-state index is 0.183. The lowest BCUT2D eigenvalue weighted by Gasteiger charge is -2.20. The van der Waals surface area contributed by atoms with Crippen LogP contribution >= 0.6 is 12.2 Å². The number of halogens is 2. The molecule has 3 nitrogen and oxygen atoms in total. The third-order valence-corrected chi connectivity index (χ3v) is 4.52. The van der Waals surface area contributed by atoms with Crippen LogP contribution in [0.5, 0.6) is 0 Å². The first kappa shape index (κ1) is 19.6. The van der Waals surface area contributed by atoms with Crippen LogP contribution < -0.4 is 10.6 Å². The molecule has 0 atom stereocenters. The summed E-state index contributed by atoms with van der Waals surface area (Å²) in [5.74, 6) is -1.17. The molecule has 142 valence electrons. The van der Waals surface area contributed by atoms with Gasteiger partial charge in [0.2, 0.25) is 0 Å². The lowest BCUT2D eigenvalue weighted by Crippen LogP contribution is -2.41. The highest BCUT2D eigenvalue weighted by Gasteiger charge is 2.16. The van der Waals surface area contributed by atoms with Gasteiger partial charge in [0, 0.05) is 18.0 Å². The van der Waals surface area contributed by atoms with Gasteiger partial charge in [0.15, 0.2) is 5.11 Å². The highest BCUT2D eigenvalue weighted by molar-refractivity contribution is 7.80. The summed E-state index contributed by atoms with van der Waals surface area (Å²) in [5, 5.41) is 5.84. The molecule has 0 saturated heterocycles. The first-order valence-corrected chi connectivity index (χ1v) is 9.09. The van der Waals surface area contributed by atoms with E-state index in [4.69, 9.17) is 12.2 Å². The average Bonchev–Trinajstić information content (AvgIpc) is 2.71. The number of amides is 1. The fourth-order valence-electron chi connectivity index (χ4n) is 2.82. The van der Waals surface area contributed by atoms with Crippen molar-refractivity contribution >= 4 is 23.2 Å². The third kappa shape index (κ3) is 5.20. The van der Waals surface area contributed by atoms with Gasteiger partial charge in [-0.3, -0.25) is 10.1 Å². The Morgan fingerprint density at radius 1 is 0.821 bits per heavy atom. The number of carbonyl (C=O) groups excluding carboxylic acids is 1. The van der Waals surface area contributed by atoms with Crippen LogP contribution in [0.3, 0.4) is 0 Å². The lowest BCUT2D eigenvalue weighted by molar-refractivity contribution is 0.0976. The number of hydrogen-bond donors (Lipinski definition) is 2. The van der Waals surface area contributed by atoms with Crippen molar-refractivity contribution in [2.45, 2.75) is 5.92 Å². The van der Waals surface area contributed by atoms with Crippen LogP contribution in [0.1, 0.15) is 27.4 Å². The maximum atomic E-state index is 13.3. The van der Waals surface area contributed by atoms with E-state index in [1.165, 1.54) is 24.3 Å². The van der Waals surface area contributed by atoms with Crippen molar-refractivity contribution in [2.24, 2.45) is 0 Å². The van der Waals surface area contributed by atoms with E-state index < -0.39 is 0 Å². The van der Waals surface area contributed by atoms with E-state index >= 15 is 0 Å². The highest BCUT2D eigenvalue weighted by Crippen LogP contribution is 2.24. The van der Waals surface area contributed by atoms with Crippen molar-refractivity contribution in [1.82, 2.24) is 10.6 Å². The monoisotopic (exact) mass is 396 g/mol. The average molecular weight is 396 g/mol. The zero-order valence-corrected chi connectivity index (χ0v) is 15.7. The molecule has 0 fully saturated rings. The van der Waals surface area contributed by atoms with Crippen LogP contribution in [0, 0.1) is 11.6 Å². The summed E-state index contributed by atoms with van der Waals surface area (Å²) in [5.41, 5.74) is 2.19.